The van der Waals surface area contributed by atoms with Crippen LogP contribution in [-0.4, -0.2) is 66.8 Å². The first-order chi connectivity index (χ1) is 13.0. The summed E-state index contributed by atoms with van der Waals surface area (Å²) in [5, 5.41) is 13.3. The van der Waals surface area contributed by atoms with Gasteiger partial charge in [0.1, 0.15) is 5.76 Å². The van der Waals surface area contributed by atoms with Crippen LogP contribution in [0.25, 0.3) is 0 Å². The zero-order valence-electron chi connectivity index (χ0n) is 15.8. The molecule has 0 atom stereocenters. The van der Waals surface area contributed by atoms with Gasteiger partial charge in [0.05, 0.1) is 13.2 Å². The van der Waals surface area contributed by atoms with Gasteiger partial charge in [-0.15, -0.1) is 0 Å². The predicted molar refractivity (Wildman–Crippen MR) is 105 cm³/mol. The molecule has 0 saturated carbocycles. The second-order valence-electron chi connectivity index (χ2n) is 7.27. The number of thioether (sulfide) groups is 1. The minimum Gasteiger partial charge on any atom is -0.502 e. The van der Waals surface area contributed by atoms with Crippen LogP contribution in [0.2, 0.25) is 0 Å². The van der Waals surface area contributed by atoms with E-state index in [2.05, 4.69) is 10.2 Å². The van der Waals surface area contributed by atoms with Gasteiger partial charge >= 0.3 is 0 Å². The normalized spacial score (nSPS) is 20.3. The molecule has 27 heavy (non-hydrogen) atoms. The Labute approximate surface area is 163 Å². The molecule has 0 bridgehead atoms. The number of rotatable bonds is 6. The average Bonchev–Trinajstić information content (AvgIpc) is 2.66. The number of hydrogen-bond donors (Lipinski definition) is 2. The Balaban J connectivity index is 1.68. The number of amides is 1. The van der Waals surface area contributed by atoms with Crippen LogP contribution in [0, 0.1) is 6.92 Å². The standard InChI is InChI=1S/C19H28N2O5S/c1-14-12-15(22)17(24)18(26-14)19(2-10-27-11-3-19)13-16(23)20-4-5-21-6-8-25-9-7-21/h12,24H,2-11,13H2,1H3,(H,20,23). The lowest BCUT2D eigenvalue weighted by Gasteiger charge is -2.35. The van der Waals surface area contributed by atoms with E-state index in [1.807, 2.05) is 11.8 Å². The highest BCUT2D eigenvalue weighted by Gasteiger charge is 2.41. The van der Waals surface area contributed by atoms with Crippen LogP contribution in [0.1, 0.15) is 30.8 Å². The third-order valence-corrected chi connectivity index (χ3v) is 6.32. The Kier molecular flexibility index (Phi) is 6.83. The molecule has 1 aromatic heterocycles. The number of hydrogen-bond acceptors (Lipinski definition) is 7. The maximum absolute atomic E-state index is 12.7. The number of nitrogens with one attached hydrogen (secondary N) is 1. The van der Waals surface area contributed by atoms with E-state index in [9.17, 15) is 14.7 Å². The summed E-state index contributed by atoms with van der Waals surface area (Å²) in [6.07, 6.45) is 1.62. The smallest absolute Gasteiger partial charge is 0.227 e. The minimum absolute atomic E-state index is 0.0706. The summed E-state index contributed by atoms with van der Waals surface area (Å²) in [5.41, 5.74) is -1.07. The molecule has 8 heteroatoms. The molecule has 150 valence electrons. The van der Waals surface area contributed by atoms with Crippen molar-refractivity contribution in [1.29, 1.82) is 0 Å². The van der Waals surface area contributed by atoms with Crippen molar-refractivity contribution in [1.82, 2.24) is 10.2 Å². The molecule has 3 heterocycles. The Morgan fingerprint density at radius 3 is 2.74 bits per heavy atom. The van der Waals surface area contributed by atoms with E-state index < -0.39 is 10.8 Å². The van der Waals surface area contributed by atoms with Crippen LogP contribution in [0.5, 0.6) is 5.75 Å². The molecule has 2 fully saturated rings. The van der Waals surface area contributed by atoms with Gasteiger partial charge in [0, 0.05) is 44.1 Å². The minimum atomic E-state index is -0.621. The van der Waals surface area contributed by atoms with E-state index in [0.29, 0.717) is 25.1 Å². The molecule has 0 unspecified atom stereocenters. The fraction of sp³-hybridized carbons (Fsp3) is 0.684. The summed E-state index contributed by atoms with van der Waals surface area (Å²) in [4.78, 5) is 27.0. The molecule has 2 saturated heterocycles. The topological polar surface area (TPSA) is 92.0 Å². The molecule has 0 spiro atoms. The Hall–Kier alpha value is -1.51. The van der Waals surface area contributed by atoms with Crippen LogP contribution in [0.4, 0.5) is 0 Å². The third-order valence-electron chi connectivity index (χ3n) is 5.33. The van der Waals surface area contributed by atoms with Crippen LogP contribution in [-0.2, 0) is 14.9 Å². The molecule has 1 aromatic rings. The summed E-state index contributed by atoms with van der Waals surface area (Å²) in [5.74, 6) is 2.05. The van der Waals surface area contributed by atoms with Crippen LogP contribution in [0.3, 0.4) is 0 Å². The lowest BCUT2D eigenvalue weighted by Crippen LogP contribution is -2.43. The largest absolute Gasteiger partial charge is 0.502 e. The molecule has 7 nitrogen and oxygen atoms in total. The van der Waals surface area contributed by atoms with E-state index in [-0.39, 0.29) is 23.8 Å². The highest BCUT2D eigenvalue weighted by atomic mass is 32.2. The monoisotopic (exact) mass is 396 g/mol. The molecular weight excluding hydrogens is 368 g/mol. The predicted octanol–water partition coefficient (Wildman–Crippen LogP) is 1.26. The van der Waals surface area contributed by atoms with Gasteiger partial charge in [-0.2, -0.15) is 11.8 Å². The lowest BCUT2D eigenvalue weighted by atomic mass is 9.75. The highest BCUT2D eigenvalue weighted by Crippen LogP contribution is 2.43. The quantitative estimate of drug-likeness (QED) is 0.748. The number of carbonyl (C=O) groups excluding carboxylic acids is 1. The molecule has 2 N–H and O–H groups in total. The van der Waals surface area contributed by atoms with Crippen LogP contribution < -0.4 is 10.7 Å². The molecule has 0 aromatic carbocycles. The van der Waals surface area contributed by atoms with Crippen molar-refractivity contribution >= 4 is 17.7 Å². The lowest BCUT2D eigenvalue weighted by molar-refractivity contribution is -0.122. The fourth-order valence-corrected chi connectivity index (χ4v) is 5.03. The molecule has 1 amide bonds. The number of ether oxygens (including phenoxy) is 1. The maximum Gasteiger partial charge on any atom is 0.227 e. The van der Waals surface area contributed by atoms with Crippen molar-refractivity contribution in [2.24, 2.45) is 0 Å². The van der Waals surface area contributed by atoms with E-state index in [0.717, 1.165) is 44.4 Å². The first-order valence-corrected chi connectivity index (χ1v) is 10.6. The van der Waals surface area contributed by atoms with Crippen molar-refractivity contribution in [3.8, 4) is 5.75 Å². The van der Waals surface area contributed by atoms with Crippen LogP contribution in [0.15, 0.2) is 15.3 Å². The van der Waals surface area contributed by atoms with Gasteiger partial charge in [-0.1, -0.05) is 0 Å². The van der Waals surface area contributed by atoms with Crippen LogP contribution >= 0.6 is 11.8 Å². The fourth-order valence-electron chi connectivity index (χ4n) is 3.76. The molecule has 0 aliphatic carbocycles. The Morgan fingerprint density at radius 1 is 1.33 bits per heavy atom. The van der Waals surface area contributed by atoms with Crippen molar-refractivity contribution in [3.05, 3.63) is 27.8 Å². The number of nitrogens with zero attached hydrogens (tertiary/aromatic N) is 1. The second kappa shape index (κ2) is 9.12. The Bertz CT molecular complexity index is 709. The van der Waals surface area contributed by atoms with Gasteiger partial charge < -0.3 is 19.6 Å². The zero-order chi connectivity index (χ0) is 19.3. The molecule has 3 rings (SSSR count). The number of morpholine rings is 1. The summed E-state index contributed by atoms with van der Waals surface area (Å²) < 4.78 is 11.1. The van der Waals surface area contributed by atoms with E-state index in [4.69, 9.17) is 9.15 Å². The van der Waals surface area contributed by atoms with Gasteiger partial charge in [0.2, 0.25) is 17.1 Å². The summed E-state index contributed by atoms with van der Waals surface area (Å²) in [7, 11) is 0. The van der Waals surface area contributed by atoms with Crippen molar-refractivity contribution in [2.75, 3.05) is 50.9 Å². The van der Waals surface area contributed by atoms with Gasteiger partial charge in [0.25, 0.3) is 0 Å². The van der Waals surface area contributed by atoms with E-state index in [1.165, 1.54) is 6.07 Å². The zero-order valence-corrected chi connectivity index (χ0v) is 16.6. The van der Waals surface area contributed by atoms with Gasteiger partial charge in [0.15, 0.2) is 5.76 Å². The number of aromatic hydroxyl groups is 1. The molecule has 2 aliphatic heterocycles. The molecular formula is C19H28N2O5S. The van der Waals surface area contributed by atoms with Gasteiger partial charge in [-0.05, 0) is 31.3 Å². The first kappa shape index (κ1) is 20.2. The van der Waals surface area contributed by atoms with Gasteiger partial charge in [-0.3, -0.25) is 14.5 Å². The maximum atomic E-state index is 12.7. The van der Waals surface area contributed by atoms with E-state index in [1.54, 1.807) is 6.92 Å². The summed E-state index contributed by atoms with van der Waals surface area (Å²) in [6, 6.07) is 1.28. The summed E-state index contributed by atoms with van der Waals surface area (Å²) in [6.45, 7) is 6.31. The first-order valence-electron chi connectivity index (χ1n) is 9.49. The van der Waals surface area contributed by atoms with Crippen molar-refractivity contribution in [2.45, 2.75) is 31.6 Å². The van der Waals surface area contributed by atoms with Gasteiger partial charge in [-0.25, -0.2) is 0 Å². The van der Waals surface area contributed by atoms with Crippen molar-refractivity contribution < 1.29 is 19.1 Å². The number of aryl methyl sites for hydroxylation is 1. The second-order valence-corrected chi connectivity index (χ2v) is 8.50. The number of carbonyl (C=O) groups is 1. The van der Waals surface area contributed by atoms with E-state index >= 15 is 0 Å². The molecule has 0 radical (unpaired) electrons. The van der Waals surface area contributed by atoms with Crippen molar-refractivity contribution in [3.63, 3.8) is 0 Å². The SMILES string of the molecule is Cc1cc(=O)c(O)c(C2(CC(=O)NCCN3CCOCC3)CCSCC2)o1. The Morgan fingerprint density at radius 2 is 2.04 bits per heavy atom. The third kappa shape index (κ3) is 5.06. The molecule has 2 aliphatic rings. The highest BCUT2D eigenvalue weighted by molar-refractivity contribution is 7.99. The average molecular weight is 397 g/mol. The summed E-state index contributed by atoms with van der Waals surface area (Å²) >= 11 is 1.82.